The molecular formula is C19H29N3O2. The summed E-state index contributed by atoms with van der Waals surface area (Å²) in [5.41, 5.74) is 1.30. The van der Waals surface area contributed by atoms with Crippen LogP contribution in [0.4, 0.5) is 0 Å². The van der Waals surface area contributed by atoms with E-state index < -0.39 is 0 Å². The Balaban J connectivity index is 1.42. The van der Waals surface area contributed by atoms with Crippen molar-refractivity contribution in [1.82, 2.24) is 14.8 Å². The van der Waals surface area contributed by atoms with Crippen molar-refractivity contribution >= 4 is 5.91 Å². The van der Waals surface area contributed by atoms with Crippen molar-refractivity contribution in [1.29, 1.82) is 0 Å². The SMILES string of the molecule is CC(OCC1CC1)C(=O)N(C)C1CCN(Cc2ccncc2)CC1. The first-order chi connectivity index (χ1) is 11.6. The zero-order chi connectivity index (χ0) is 16.9. The number of ether oxygens (including phenoxy) is 1. The zero-order valence-corrected chi connectivity index (χ0v) is 14.9. The van der Waals surface area contributed by atoms with E-state index in [0.29, 0.717) is 12.0 Å². The largest absolute Gasteiger partial charge is 0.368 e. The smallest absolute Gasteiger partial charge is 0.251 e. The van der Waals surface area contributed by atoms with Gasteiger partial charge in [-0.2, -0.15) is 0 Å². The number of pyridine rings is 1. The molecule has 5 heteroatoms. The predicted octanol–water partition coefficient (Wildman–Crippen LogP) is 2.32. The Bertz CT molecular complexity index is 525. The third-order valence-electron chi connectivity index (χ3n) is 5.23. The van der Waals surface area contributed by atoms with Crippen molar-refractivity contribution in [3.8, 4) is 0 Å². The Morgan fingerprint density at radius 2 is 1.96 bits per heavy atom. The minimum absolute atomic E-state index is 0.128. The fourth-order valence-electron chi connectivity index (χ4n) is 3.31. The highest BCUT2D eigenvalue weighted by atomic mass is 16.5. The van der Waals surface area contributed by atoms with E-state index in [1.165, 1.54) is 18.4 Å². The Morgan fingerprint density at radius 3 is 2.58 bits per heavy atom. The van der Waals surface area contributed by atoms with Gasteiger partial charge in [0.25, 0.3) is 5.91 Å². The lowest BCUT2D eigenvalue weighted by molar-refractivity contribution is -0.144. The molecule has 1 unspecified atom stereocenters. The molecule has 1 aromatic rings. The molecule has 1 aromatic heterocycles. The second-order valence-electron chi connectivity index (χ2n) is 7.23. The summed E-state index contributed by atoms with van der Waals surface area (Å²) in [4.78, 5) is 21.0. The number of hydrogen-bond donors (Lipinski definition) is 0. The highest BCUT2D eigenvalue weighted by Gasteiger charge is 2.29. The monoisotopic (exact) mass is 331 g/mol. The summed E-state index contributed by atoms with van der Waals surface area (Å²) in [7, 11) is 1.93. The van der Waals surface area contributed by atoms with E-state index in [2.05, 4.69) is 22.0 Å². The summed E-state index contributed by atoms with van der Waals surface area (Å²) in [5, 5.41) is 0. The molecule has 1 aliphatic carbocycles. The maximum Gasteiger partial charge on any atom is 0.251 e. The lowest BCUT2D eigenvalue weighted by Gasteiger charge is -2.37. The molecule has 0 N–H and O–H groups in total. The number of carbonyl (C=O) groups is 1. The molecule has 2 heterocycles. The number of hydrogen-bond acceptors (Lipinski definition) is 4. The fourth-order valence-corrected chi connectivity index (χ4v) is 3.31. The molecule has 1 atom stereocenters. The van der Waals surface area contributed by atoms with Crippen LogP contribution in [0.15, 0.2) is 24.5 Å². The molecule has 0 spiro atoms. The third kappa shape index (κ3) is 4.77. The van der Waals surface area contributed by atoms with E-state index in [1.54, 1.807) is 0 Å². The van der Waals surface area contributed by atoms with Gasteiger partial charge in [0.15, 0.2) is 0 Å². The number of carbonyl (C=O) groups excluding carboxylic acids is 1. The van der Waals surface area contributed by atoms with Crippen LogP contribution < -0.4 is 0 Å². The molecular weight excluding hydrogens is 302 g/mol. The quantitative estimate of drug-likeness (QED) is 0.769. The highest BCUT2D eigenvalue weighted by molar-refractivity contribution is 5.80. The van der Waals surface area contributed by atoms with Crippen LogP contribution >= 0.6 is 0 Å². The normalized spacial score (nSPS) is 20.8. The lowest BCUT2D eigenvalue weighted by atomic mass is 10.0. The summed E-state index contributed by atoms with van der Waals surface area (Å²) < 4.78 is 5.73. The zero-order valence-electron chi connectivity index (χ0n) is 14.9. The van der Waals surface area contributed by atoms with Gasteiger partial charge in [-0.15, -0.1) is 0 Å². The first kappa shape index (κ1) is 17.4. The number of likely N-dealkylation sites (tertiary alicyclic amines) is 1. The number of aromatic nitrogens is 1. The average molecular weight is 331 g/mol. The maximum atomic E-state index is 12.5. The van der Waals surface area contributed by atoms with E-state index in [-0.39, 0.29) is 12.0 Å². The van der Waals surface area contributed by atoms with Gasteiger partial charge in [-0.3, -0.25) is 14.7 Å². The van der Waals surface area contributed by atoms with Gasteiger partial charge in [0.05, 0.1) is 6.61 Å². The molecule has 1 amide bonds. The lowest BCUT2D eigenvalue weighted by Crippen LogP contribution is -2.48. The van der Waals surface area contributed by atoms with Crippen LogP contribution in [0.1, 0.15) is 38.2 Å². The van der Waals surface area contributed by atoms with Crippen molar-refractivity contribution in [3.63, 3.8) is 0 Å². The molecule has 3 rings (SSSR count). The van der Waals surface area contributed by atoms with Crippen LogP contribution in [0.5, 0.6) is 0 Å². The molecule has 0 aromatic carbocycles. The number of likely N-dealkylation sites (N-methyl/N-ethyl adjacent to an activating group) is 1. The predicted molar refractivity (Wildman–Crippen MR) is 93.4 cm³/mol. The van der Waals surface area contributed by atoms with E-state index >= 15 is 0 Å². The molecule has 2 fully saturated rings. The molecule has 0 bridgehead atoms. The summed E-state index contributed by atoms with van der Waals surface area (Å²) in [6, 6.07) is 4.47. The summed E-state index contributed by atoms with van der Waals surface area (Å²) in [6.07, 6.45) is 7.95. The minimum Gasteiger partial charge on any atom is -0.368 e. The topological polar surface area (TPSA) is 45.7 Å². The molecule has 5 nitrogen and oxygen atoms in total. The van der Waals surface area contributed by atoms with E-state index in [1.807, 2.05) is 31.3 Å². The Labute approximate surface area is 145 Å². The first-order valence-corrected chi connectivity index (χ1v) is 9.13. The molecule has 24 heavy (non-hydrogen) atoms. The molecule has 2 aliphatic rings. The van der Waals surface area contributed by atoms with Crippen molar-refractivity contribution in [3.05, 3.63) is 30.1 Å². The molecule has 1 saturated carbocycles. The third-order valence-corrected chi connectivity index (χ3v) is 5.23. The minimum atomic E-state index is -0.314. The van der Waals surface area contributed by atoms with E-state index in [4.69, 9.17) is 4.74 Å². The Hall–Kier alpha value is -1.46. The highest BCUT2D eigenvalue weighted by Crippen LogP contribution is 2.29. The number of piperidine rings is 1. The van der Waals surface area contributed by atoms with Gasteiger partial charge in [0, 0.05) is 45.1 Å². The van der Waals surface area contributed by atoms with Gasteiger partial charge in [-0.05, 0) is 56.2 Å². The van der Waals surface area contributed by atoms with Crippen molar-refractivity contribution in [2.75, 3.05) is 26.7 Å². The van der Waals surface area contributed by atoms with Crippen molar-refractivity contribution in [2.45, 2.75) is 51.3 Å². The number of amides is 1. The van der Waals surface area contributed by atoms with Gasteiger partial charge in [0.2, 0.25) is 0 Å². The van der Waals surface area contributed by atoms with Gasteiger partial charge in [0.1, 0.15) is 6.10 Å². The average Bonchev–Trinajstić information content (AvgIpc) is 3.44. The second-order valence-corrected chi connectivity index (χ2v) is 7.23. The van der Waals surface area contributed by atoms with Gasteiger partial charge >= 0.3 is 0 Å². The summed E-state index contributed by atoms with van der Waals surface area (Å²) in [5.74, 6) is 0.824. The standard InChI is InChI=1S/C19H29N3O2/c1-15(24-14-17-3-4-17)19(23)21(2)18-7-11-22(12-8-18)13-16-5-9-20-10-6-16/h5-6,9-10,15,17-18H,3-4,7-8,11-14H2,1-2H3. The molecule has 132 valence electrons. The summed E-state index contributed by atoms with van der Waals surface area (Å²) in [6.45, 7) is 5.66. The Kier molecular flexibility index (Phi) is 5.85. The second kappa shape index (κ2) is 8.08. The van der Waals surface area contributed by atoms with Crippen LogP contribution in [0.3, 0.4) is 0 Å². The Morgan fingerprint density at radius 1 is 1.29 bits per heavy atom. The van der Waals surface area contributed by atoms with Gasteiger partial charge in [-0.25, -0.2) is 0 Å². The van der Waals surface area contributed by atoms with E-state index in [0.717, 1.165) is 39.1 Å². The van der Waals surface area contributed by atoms with Crippen LogP contribution in [0, 0.1) is 5.92 Å². The first-order valence-electron chi connectivity index (χ1n) is 9.13. The van der Waals surface area contributed by atoms with Crippen LogP contribution in [0.2, 0.25) is 0 Å². The number of rotatable bonds is 7. The van der Waals surface area contributed by atoms with Crippen molar-refractivity contribution in [2.24, 2.45) is 5.92 Å². The van der Waals surface area contributed by atoms with Crippen LogP contribution in [-0.4, -0.2) is 59.6 Å². The molecule has 1 saturated heterocycles. The van der Waals surface area contributed by atoms with Crippen LogP contribution in [0.25, 0.3) is 0 Å². The number of nitrogens with zero attached hydrogens (tertiary/aromatic N) is 3. The molecule has 1 aliphatic heterocycles. The van der Waals surface area contributed by atoms with E-state index in [9.17, 15) is 4.79 Å². The van der Waals surface area contributed by atoms with Crippen molar-refractivity contribution < 1.29 is 9.53 Å². The van der Waals surface area contributed by atoms with Gasteiger partial charge in [-0.1, -0.05) is 0 Å². The molecule has 0 radical (unpaired) electrons. The summed E-state index contributed by atoms with van der Waals surface area (Å²) >= 11 is 0. The maximum absolute atomic E-state index is 12.5. The fraction of sp³-hybridized carbons (Fsp3) is 0.684. The van der Waals surface area contributed by atoms with Gasteiger partial charge < -0.3 is 9.64 Å². The van der Waals surface area contributed by atoms with Crippen LogP contribution in [-0.2, 0) is 16.1 Å².